The van der Waals surface area contributed by atoms with Crippen molar-refractivity contribution in [2.75, 3.05) is 0 Å². The molecule has 4 aromatic carbocycles. The average molecular weight is 522 g/mol. The molecule has 4 rings (SSSR count). The molecule has 0 amide bonds. The average Bonchev–Trinajstić information content (AvgIpc) is 2.83. The van der Waals surface area contributed by atoms with Crippen molar-refractivity contribution in [1.29, 1.82) is 0 Å². The van der Waals surface area contributed by atoms with Crippen LogP contribution >= 0.6 is 0 Å². The zero-order valence-electron chi connectivity index (χ0n) is 19.3. The molecule has 0 saturated carbocycles. The van der Waals surface area contributed by atoms with Gasteiger partial charge in [0.15, 0.2) is 0 Å². The summed E-state index contributed by atoms with van der Waals surface area (Å²) in [6, 6.07) is 22.3. The molecule has 0 heterocycles. The Morgan fingerprint density at radius 3 is 1.37 bits per heavy atom. The largest absolute Gasteiger partial charge is 0.507 e. The number of phenolic OH excluding ortho intramolecular Hbond substituents is 2. The first-order valence-electron chi connectivity index (χ1n) is 10.6. The van der Waals surface area contributed by atoms with Crippen LogP contribution in [-0.4, -0.2) is 21.6 Å². The number of hydrogen-bond acceptors (Lipinski definition) is 4. The van der Waals surface area contributed by atoms with E-state index in [2.05, 4.69) is 9.98 Å². The molecule has 4 nitrogen and oxygen atoms in total. The number of aromatic hydroxyl groups is 2. The molecule has 0 fully saturated rings. The Morgan fingerprint density at radius 2 is 0.971 bits per heavy atom. The van der Waals surface area contributed by atoms with Crippen molar-refractivity contribution in [1.82, 2.24) is 0 Å². The van der Waals surface area contributed by atoms with Crippen LogP contribution in [-0.2, 0) is 19.5 Å². The predicted octanol–water partition coefficient (Wildman–Crippen LogP) is 7.32. The van der Waals surface area contributed by atoms with Crippen LogP contribution < -0.4 is 0 Å². The third kappa shape index (κ3) is 5.87. The molecular weight excluding hydrogens is 500 g/mol. The maximum atomic E-state index is 13.7. The Balaban J connectivity index is 0.00000342. The first kappa shape index (κ1) is 25.9. The van der Waals surface area contributed by atoms with Crippen LogP contribution in [0.25, 0.3) is 11.1 Å². The van der Waals surface area contributed by atoms with Crippen LogP contribution in [0.1, 0.15) is 25.0 Å². The van der Waals surface area contributed by atoms with E-state index >= 15 is 0 Å². The molecule has 4 aromatic rings. The maximum absolute atomic E-state index is 13.7. The molecule has 7 heteroatoms. The summed E-state index contributed by atoms with van der Waals surface area (Å²) in [5, 5.41) is 20.3. The van der Waals surface area contributed by atoms with E-state index in [1.165, 1.54) is 36.4 Å². The summed E-state index contributed by atoms with van der Waals surface area (Å²) >= 11 is 0. The summed E-state index contributed by atoms with van der Waals surface area (Å²) in [5.74, 6) is -1.05. The van der Waals surface area contributed by atoms with Gasteiger partial charge in [-0.15, -0.1) is 0 Å². The fraction of sp³-hybridized carbons (Fsp3) is 0.0714. The molecule has 0 radical (unpaired) electrons. The Kier molecular flexibility index (Phi) is 8.26. The second-order valence-corrected chi connectivity index (χ2v) is 7.75. The van der Waals surface area contributed by atoms with Gasteiger partial charge in [-0.25, -0.2) is 8.78 Å². The van der Waals surface area contributed by atoms with E-state index in [0.717, 1.165) is 11.1 Å². The summed E-state index contributed by atoms with van der Waals surface area (Å²) < 4.78 is 27.5. The molecule has 0 aliphatic rings. The van der Waals surface area contributed by atoms with E-state index in [9.17, 15) is 19.0 Å². The number of aliphatic imine (C=N–C) groups is 2. The van der Waals surface area contributed by atoms with Crippen molar-refractivity contribution in [2.24, 2.45) is 9.98 Å². The van der Waals surface area contributed by atoms with E-state index in [0.29, 0.717) is 33.9 Å². The topological polar surface area (TPSA) is 65.2 Å². The third-order valence-corrected chi connectivity index (χ3v) is 5.37. The molecule has 0 aliphatic carbocycles. The smallest absolute Gasteiger partial charge is 0.124 e. The molecule has 0 bridgehead atoms. The van der Waals surface area contributed by atoms with Gasteiger partial charge in [0.05, 0.1) is 11.4 Å². The second kappa shape index (κ2) is 11.2. The van der Waals surface area contributed by atoms with Crippen molar-refractivity contribution < 1.29 is 38.5 Å². The first-order chi connectivity index (χ1) is 16.3. The monoisotopic (exact) mass is 520 g/mol. The van der Waals surface area contributed by atoms with Crippen LogP contribution in [0.2, 0.25) is 0 Å². The van der Waals surface area contributed by atoms with E-state index in [1.807, 2.05) is 48.5 Å². The van der Waals surface area contributed by atoms with Gasteiger partial charge in [-0.05, 0) is 62.4 Å². The quantitative estimate of drug-likeness (QED) is 0.213. The Hall–Kier alpha value is -3.70. The molecule has 0 atom stereocenters. The van der Waals surface area contributed by atoms with Crippen LogP contribution in [0.5, 0.6) is 11.5 Å². The first-order valence-corrected chi connectivity index (χ1v) is 10.6. The van der Waals surface area contributed by atoms with Gasteiger partial charge in [-0.2, -0.15) is 0 Å². The van der Waals surface area contributed by atoms with Crippen molar-refractivity contribution in [2.45, 2.75) is 13.8 Å². The number of para-hydroxylation sites is 2. The van der Waals surface area contributed by atoms with Gasteiger partial charge in [0.2, 0.25) is 0 Å². The zero-order chi connectivity index (χ0) is 24.2. The van der Waals surface area contributed by atoms with Crippen LogP contribution in [0.15, 0.2) is 94.9 Å². The van der Waals surface area contributed by atoms with Crippen molar-refractivity contribution in [3.63, 3.8) is 0 Å². The minimum Gasteiger partial charge on any atom is -0.507 e. The number of nitrogens with zero attached hydrogens (tertiary/aromatic N) is 2. The molecule has 0 unspecified atom stereocenters. The van der Waals surface area contributed by atoms with Crippen LogP contribution in [0.3, 0.4) is 0 Å². The normalized spacial score (nSPS) is 11.8. The van der Waals surface area contributed by atoms with Gasteiger partial charge in [0.1, 0.15) is 23.1 Å². The van der Waals surface area contributed by atoms with E-state index < -0.39 is 11.6 Å². The Bertz CT molecular complexity index is 1330. The summed E-state index contributed by atoms with van der Waals surface area (Å²) in [6.07, 6.45) is 0. The Labute approximate surface area is 215 Å². The molecule has 2 N–H and O–H groups in total. The number of hydrogen-bond donors (Lipinski definition) is 2. The summed E-state index contributed by atoms with van der Waals surface area (Å²) in [4.78, 5) is 9.33. The molecule has 0 saturated heterocycles. The van der Waals surface area contributed by atoms with Gasteiger partial charge >= 0.3 is 0 Å². The van der Waals surface area contributed by atoms with E-state index in [1.54, 1.807) is 13.8 Å². The van der Waals surface area contributed by atoms with E-state index in [4.69, 9.17) is 0 Å². The van der Waals surface area contributed by atoms with Gasteiger partial charge < -0.3 is 10.2 Å². The summed E-state index contributed by atoms with van der Waals surface area (Å²) in [6.45, 7) is 3.40. The van der Waals surface area contributed by atoms with Crippen molar-refractivity contribution in [3.8, 4) is 22.6 Å². The zero-order valence-corrected chi connectivity index (χ0v) is 22.3. The van der Waals surface area contributed by atoms with Crippen molar-refractivity contribution in [3.05, 3.63) is 108 Å². The van der Waals surface area contributed by atoms with Gasteiger partial charge in [0.25, 0.3) is 0 Å². The number of phenols is 2. The SMILES string of the molecule is CC(=Nc1ccccc1-c1ccccc1N=C(C)c1cc(F)ccc1O)c1cc(F)ccc1O.[Zn]. The molecule has 0 aromatic heterocycles. The minimum atomic E-state index is -0.466. The predicted molar refractivity (Wildman–Crippen MR) is 132 cm³/mol. The molecule has 0 spiro atoms. The fourth-order valence-electron chi connectivity index (χ4n) is 3.68. The molecular formula is C28H22F2N2O2Zn. The molecule has 35 heavy (non-hydrogen) atoms. The van der Waals surface area contributed by atoms with Gasteiger partial charge in [-0.3, -0.25) is 9.98 Å². The minimum absolute atomic E-state index is 0. The van der Waals surface area contributed by atoms with Gasteiger partial charge in [0, 0.05) is 53.2 Å². The molecule has 172 valence electrons. The standard InChI is InChI=1S/C28H22F2N2O2.Zn/c1-17(23-15-19(29)11-13-27(23)33)31-25-9-5-3-7-21(25)22-8-4-6-10-26(22)32-18(2)24-16-20(30)12-14-28(24)34;/h3-16,33-34H,1-2H3;. The number of halogens is 2. The Morgan fingerprint density at radius 1 is 0.600 bits per heavy atom. The summed E-state index contributed by atoms with van der Waals surface area (Å²) in [5.41, 5.74) is 4.27. The summed E-state index contributed by atoms with van der Waals surface area (Å²) in [7, 11) is 0. The maximum Gasteiger partial charge on any atom is 0.124 e. The number of benzene rings is 4. The van der Waals surface area contributed by atoms with Crippen LogP contribution in [0, 0.1) is 11.6 Å². The third-order valence-electron chi connectivity index (χ3n) is 5.37. The van der Waals surface area contributed by atoms with Crippen molar-refractivity contribution >= 4 is 22.8 Å². The van der Waals surface area contributed by atoms with E-state index in [-0.39, 0.29) is 31.0 Å². The second-order valence-electron chi connectivity index (χ2n) is 7.75. The molecule has 0 aliphatic heterocycles. The fourth-order valence-corrected chi connectivity index (χ4v) is 3.68. The van der Waals surface area contributed by atoms with Gasteiger partial charge in [-0.1, -0.05) is 36.4 Å². The number of rotatable bonds is 5. The van der Waals surface area contributed by atoms with Crippen LogP contribution in [0.4, 0.5) is 20.2 Å².